The third-order valence-corrected chi connectivity index (χ3v) is 4.53. The summed E-state index contributed by atoms with van der Waals surface area (Å²) in [7, 11) is 1.81. The smallest absolute Gasteiger partial charge is 0.254 e. The van der Waals surface area contributed by atoms with Crippen LogP contribution in [0.2, 0.25) is 0 Å². The number of nitrogens with zero attached hydrogens (tertiary/aromatic N) is 2. The number of aromatic nitrogens is 1. The van der Waals surface area contributed by atoms with Crippen LogP contribution in [0.15, 0.2) is 42.5 Å². The van der Waals surface area contributed by atoms with Crippen molar-refractivity contribution in [3.05, 3.63) is 64.8 Å². The zero-order valence-electron chi connectivity index (χ0n) is 15.1. The number of hydrogen-bond donors (Lipinski definition) is 0. The van der Waals surface area contributed by atoms with Crippen molar-refractivity contribution in [1.29, 1.82) is 0 Å². The molecule has 0 spiro atoms. The van der Waals surface area contributed by atoms with Gasteiger partial charge in [0.15, 0.2) is 11.5 Å². The second-order valence-electron chi connectivity index (χ2n) is 6.68. The van der Waals surface area contributed by atoms with E-state index >= 15 is 0 Å². The zero-order valence-corrected chi connectivity index (χ0v) is 15.1. The molecule has 0 radical (unpaired) electrons. The predicted octanol–water partition coefficient (Wildman–Crippen LogP) is 3.85. The highest BCUT2D eigenvalue weighted by Crippen LogP contribution is 2.33. The molecule has 3 aromatic rings. The molecule has 1 amide bonds. The first-order chi connectivity index (χ1) is 12.5. The Kier molecular flexibility index (Phi) is 3.99. The molecule has 2 heterocycles. The van der Waals surface area contributed by atoms with Gasteiger partial charge in [0.25, 0.3) is 5.91 Å². The lowest BCUT2D eigenvalue weighted by molar-refractivity contribution is 0.0786. The lowest BCUT2D eigenvalue weighted by atomic mass is 10.0. The van der Waals surface area contributed by atoms with Gasteiger partial charge in [-0.05, 0) is 49.7 Å². The van der Waals surface area contributed by atoms with Crippen molar-refractivity contribution in [2.45, 2.75) is 20.4 Å². The van der Waals surface area contributed by atoms with E-state index in [1.807, 2.05) is 63.4 Å². The molecule has 5 nitrogen and oxygen atoms in total. The molecular weight excluding hydrogens is 328 g/mol. The quantitative estimate of drug-likeness (QED) is 0.721. The average Bonchev–Trinajstić information content (AvgIpc) is 3.08. The molecular formula is C21H20N2O3. The molecule has 132 valence electrons. The molecule has 0 N–H and O–H groups in total. The van der Waals surface area contributed by atoms with Crippen molar-refractivity contribution in [3.8, 4) is 11.5 Å². The van der Waals surface area contributed by atoms with E-state index in [1.54, 1.807) is 4.90 Å². The Morgan fingerprint density at radius 3 is 2.73 bits per heavy atom. The van der Waals surface area contributed by atoms with Crippen molar-refractivity contribution in [3.63, 3.8) is 0 Å². The van der Waals surface area contributed by atoms with Gasteiger partial charge in [-0.15, -0.1) is 0 Å². The van der Waals surface area contributed by atoms with Gasteiger partial charge in [-0.2, -0.15) is 0 Å². The summed E-state index contributed by atoms with van der Waals surface area (Å²) in [6, 6.07) is 13.6. The summed E-state index contributed by atoms with van der Waals surface area (Å²) in [5, 5.41) is 0.887. The number of fused-ring (bicyclic) bond motifs is 2. The Morgan fingerprint density at radius 2 is 1.88 bits per heavy atom. The largest absolute Gasteiger partial charge is 0.454 e. The number of benzene rings is 2. The van der Waals surface area contributed by atoms with Gasteiger partial charge in [0.1, 0.15) is 0 Å². The Labute approximate surface area is 152 Å². The number of hydrogen-bond acceptors (Lipinski definition) is 4. The molecule has 0 aliphatic carbocycles. The predicted molar refractivity (Wildman–Crippen MR) is 99.6 cm³/mol. The van der Waals surface area contributed by atoms with Crippen LogP contribution in [0, 0.1) is 13.8 Å². The Bertz CT molecular complexity index is 1010. The topological polar surface area (TPSA) is 51.7 Å². The van der Waals surface area contributed by atoms with Crippen molar-refractivity contribution in [2.75, 3.05) is 13.8 Å². The van der Waals surface area contributed by atoms with Gasteiger partial charge in [-0.3, -0.25) is 9.78 Å². The summed E-state index contributed by atoms with van der Waals surface area (Å²) in [4.78, 5) is 19.4. The minimum atomic E-state index is -0.0243. The SMILES string of the molecule is Cc1ccc2nc(C)cc(C(=O)N(C)Cc3ccc4c(c3)OCO4)c2c1. The third-order valence-electron chi connectivity index (χ3n) is 4.53. The summed E-state index contributed by atoms with van der Waals surface area (Å²) in [5.41, 5.74) is 4.46. The minimum absolute atomic E-state index is 0.0243. The van der Waals surface area contributed by atoms with E-state index in [9.17, 15) is 4.79 Å². The van der Waals surface area contributed by atoms with Crippen molar-refractivity contribution < 1.29 is 14.3 Å². The van der Waals surface area contributed by atoms with Crippen LogP contribution < -0.4 is 9.47 Å². The van der Waals surface area contributed by atoms with Gasteiger partial charge in [0, 0.05) is 24.7 Å². The lowest BCUT2D eigenvalue weighted by Gasteiger charge is -2.19. The third kappa shape index (κ3) is 2.96. The van der Waals surface area contributed by atoms with E-state index in [1.165, 1.54) is 0 Å². The maximum absolute atomic E-state index is 13.1. The molecule has 1 aromatic heterocycles. The summed E-state index contributed by atoms with van der Waals surface area (Å²) in [6.45, 7) is 4.66. The van der Waals surface area contributed by atoms with E-state index in [2.05, 4.69) is 4.98 Å². The van der Waals surface area contributed by atoms with Crippen molar-refractivity contribution >= 4 is 16.8 Å². The van der Waals surface area contributed by atoms with Gasteiger partial charge in [-0.1, -0.05) is 17.7 Å². The van der Waals surface area contributed by atoms with Crippen LogP contribution in [0.5, 0.6) is 11.5 Å². The first kappa shape index (κ1) is 16.4. The monoisotopic (exact) mass is 348 g/mol. The van der Waals surface area contributed by atoms with Crippen LogP contribution in [-0.4, -0.2) is 29.6 Å². The molecule has 1 aliphatic heterocycles. The maximum Gasteiger partial charge on any atom is 0.254 e. The Morgan fingerprint density at radius 1 is 1.08 bits per heavy atom. The second kappa shape index (κ2) is 6.33. The maximum atomic E-state index is 13.1. The van der Waals surface area contributed by atoms with Gasteiger partial charge in [0.05, 0.1) is 11.1 Å². The summed E-state index contributed by atoms with van der Waals surface area (Å²) >= 11 is 0. The summed E-state index contributed by atoms with van der Waals surface area (Å²) in [6.07, 6.45) is 0. The van der Waals surface area contributed by atoms with Gasteiger partial charge < -0.3 is 14.4 Å². The lowest BCUT2D eigenvalue weighted by Crippen LogP contribution is -2.26. The number of carbonyl (C=O) groups excluding carboxylic acids is 1. The molecule has 4 rings (SSSR count). The van der Waals surface area contributed by atoms with E-state index in [-0.39, 0.29) is 12.7 Å². The van der Waals surface area contributed by atoms with E-state index in [0.717, 1.165) is 39.2 Å². The minimum Gasteiger partial charge on any atom is -0.454 e. The number of rotatable bonds is 3. The van der Waals surface area contributed by atoms with Crippen molar-refractivity contribution in [2.24, 2.45) is 0 Å². The van der Waals surface area contributed by atoms with Gasteiger partial charge in [-0.25, -0.2) is 0 Å². The molecule has 0 fully saturated rings. The van der Waals surface area contributed by atoms with E-state index in [0.29, 0.717) is 12.1 Å². The molecule has 0 unspecified atom stereocenters. The van der Waals surface area contributed by atoms with Crippen LogP contribution in [0.4, 0.5) is 0 Å². The molecule has 0 atom stereocenters. The fourth-order valence-electron chi connectivity index (χ4n) is 3.24. The molecule has 5 heteroatoms. The standard InChI is InChI=1S/C21H20N2O3/c1-13-4-6-18-16(8-13)17(9-14(2)22-18)21(24)23(3)11-15-5-7-19-20(10-15)26-12-25-19/h4-10H,11-12H2,1-3H3. The Hall–Kier alpha value is -3.08. The summed E-state index contributed by atoms with van der Waals surface area (Å²) in [5.74, 6) is 1.45. The van der Waals surface area contributed by atoms with Crippen LogP contribution in [0.1, 0.15) is 27.2 Å². The Balaban J connectivity index is 1.65. The number of pyridine rings is 1. The van der Waals surface area contributed by atoms with Gasteiger partial charge >= 0.3 is 0 Å². The average molecular weight is 348 g/mol. The molecule has 1 aliphatic rings. The fourth-order valence-corrected chi connectivity index (χ4v) is 3.24. The molecule has 26 heavy (non-hydrogen) atoms. The molecule has 2 aromatic carbocycles. The van der Waals surface area contributed by atoms with E-state index in [4.69, 9.17) is 9.47 Å². The first-order valence-electron chi connectivity index (χ1n) is 8.53. The van der Waals surface area contributed by atoms with Gasteiger partial charge in [0.2, 0.25) is 6.79 Å². The number of carbonyl (C=O) groups is 1. The highest BCUT2D eigenvalue weighted by atomic mass is 16.7. The van der Waals surface area contributed by atoms with Crippen molar-refractivity contribution in [1.82, 2.24) is 9.88 Å². The normalized spacial score (nSPS) is 12.4. The second-order valence-corrected chi connectivity index (χ2v) is 6.68. The zero-order chi connectivity index (χ0) is 18.3. The summed E-state index contributed by atoms with van der Waals surface area (Å²) < 4.78 is 10.8. The number of amides is 1. The molecule has 0 bridgehead atoms. The number of aryl methyl sites for hydroxylation is 2. The van der Waals surface area contributed by atoms with Crippen LogP contribution in [-0.2, 0) is 6.54 Å². The molecule has 0 saturated heterocycles. The van der Waals surface area contributed by atoms with E-state index < -0.39 is 0 Å². The number of ether oxygens (including phenoxy) is 2. The highest BCUT2D eigenvalue weighted by molar-refractivity contribution is 6.06. The highest BCUT2D eigenvalue weighted by Gasteiger charge is 2.18. The first-order valence-corrected chi connectivity index (χ1v) is 8.53. The fraction of sp³-hybridized carbons (Fsp3) is 0.238. The molecule has 0 saturated carbocycles. The van der Waals surface area contributed by atoms with Crippen LogP contribution >= 0.6 is 0 Å². The van der Waals surface area contributed by atoms with Crippen LogP contribution in [0.25, 0.3) is 10.9 Å². The van der Waals surface area contributed by atoms with Crippen LogP contribution in [0.3, 0.4) is 0 Å².